The highest BCUT2D eigenvalue weighted by atomic mass is 32.1. The van der Waals surface area contributed by atoms with E-state index in [0.29, 0.717) is 27.9 Å². The smallest absolute Gasteiger partial charge is 0.350 e. The first kappa shape index (κ1) is 10.9. The number of carbonyl (C=O) groups excluding carboxylic acids is 1. The number of hydrogen-bond donors (Lipinski definition) is 0. The molecule has 0 radical (unpaired) electrons. The third-order valence-electron chi connectivity index (χ3n) is 1.99. The van der Waals surface area contributed by atoms with Crippen molar-refractivity contribution in [1.82, 2.24) is 4.98 Å². The maximum absolute atomic E-state index is 11.6. The topological polar surface area (TPSA) is 52.3 Å². The van der Waals surface area contributed by atoms with E-state index in [1.165, 1.54) is 11.3 Å². The van der Waals surface area contributed by atoms with Crippen LogP contribution < -0.4 is 0 Å². The maximum Gasteiger partial charge on any atom is 0.350 e. The van der Waals surface area contributed by atoms with Gasteiger partial charge in [0.2, 0.25) is 0 Å². The number of aryl methyl sites for hydroxylation is 1. The van der Waals surface area contributed by atoms with E-state index in [2.05, 4.69) is 4.98 Å². The molecule has 0 bridgehead atoms. The number of thiazole rings is 1. The van der Waals surface area contributed by atoms with Crippen molar-refractivity contribution < 1.29 is 13.9 Å². The lowest BCUT2D eigenvalue weighted by Gasteiger charge is -1.97. The predicted octanol–water partition coefficient (Wildman–Crippen LogP) is 2.89. The molecule has 0 aliphatic carbocycles. The van der Waals surface area contributed by atoms with E-state index >= 15 is 0 Å². The summed E-state index contributed by atoms with van der Waals surface area (Å²) in [6.45, 7) is 3.93. The molecule has 5 heteroatoms. The van der Waals surface area contributed by atoms with Gasteiger partial charge in [-0.2, -0.15) is 0 Å². The van der Waals surface area contributed by atoms with Crippen molar-refractivity contribution in [3.05, 3.63) is 29.0 Å². The normalized spacial score (nSPS) is 10.4. The van der Waals surface area contributed by atoms with Crippen LogP contribution in [0.2, 0.25) is 0 Å². The Hall–Kier alpha value is -1.62. The quantitative estimate of drug-likeness (QED) is 0.770. The molecule has 4 nitrogen and oxygen atoms in total. The number of nitrogens with zero attached hydrogens (tertiary/aromatic N) is 1. The molecular weight excluding hydrogens is 226 g/mol. The van der Waals surface area contributed by atoms with Crippen LogP contribution >= 0.6 is 11.3 Å². The van der Waals surface area contributed by atoms with Crippen molar-refractivity contribution in [3.8, 4) is 10.8 Å². The molecule has 0 atom stereocenters. The van der Waals surface area contributed by atoms with Crippen LogP contribution in [-0.2, 0) is 4.74 Å². The van der Waals surface area contributed by atoms with Crippen LogP contribution in [-0.4, -0.2) is 17.6 Å². The Morgan fingerprint density at radius 1 is 1.62 bits per heavy atom. The minimum absolute atomic E-state index is 0.324. The summed E-state index contributed by atoms with van der Waals surface area (Å²) in [5, 5.41) is 0.700. The summed E-state index contributed by atoms with van der Waals surface area (Å²) in [5.74, 6) is 0.346. The van der Waals surface area contributed by atoms with Crippen molar-refractivity contribution in [2.24, 2.45) is 0 Å². The minimum atomic E-state index is -0.324. The molecule has 0 aliphatic rings. The molecule has 2 rings (SSSR count). The first-order chi connectivity index (χ1) is 7.72. The maximum atomic E-state index is 11.6. The summed E-state index contributed by atoms with van der Waals surface area (Å²) >= 11 is 1.29. The highest BCUT2D eigenvalue weighted by Crippen LogP contribution is 2.28. The monoisotopic (exact) mass is 237 g/mol. The molecule has 2 aromatic rings. The zero-order valence-electron chi connectivity index (χ0n) is 9.02. The van der Waals surface area contributed by atoms with E-state index in [0.717, 1.165) is 0 Å². The summed E-state index contributed by atoms with van der Waals surface area (Å²) in [6, 6.07) is 3.60. The highest BCUT2D eigenvalue weighted by Gasteiger charge is 2.17. The summed E-state index contributed by atoms with van der Waals surface area (Å²) < 4.78 is 10.2. The van der Waals surface area contributed by atoms with Gasteiger partial charge in [-0.3, -0.25) is 0 Å². The van der Waals surface area contributed by atoms with Crippen molar-refractivity contribution >= 4 is 17.3 Å². The number of furan rings is 1. The second kappa shape index (κ2) is 4.49. The molecule has 0 N–H and O–H groups in total. The Kier molecular flexibility index (Phi) is 3.05. The van der Waals surface area contributed by atoms with Crippen LogP contribution in [0.1, 0.15) is 22.3 Å². The van der Waals surface area contributed by atoms with E-state index in [-0.39, 0.29) is 5.97 Å². The Balaban J connectivity index is 2.32. The molecule has 0 amide bonds. The number of rotatable bonds is 3. The fourth-order valence-electron chi connectivity index (χ4n) is 1.29. The first-order valence-corrected chi connectivity index (χ1v) is 5.72. The molecule has 0 saturated carbocycles. The van der Waals surface area contributed by atoms with Gasteiger partial charge in [-0.25, -0.2) is 9.78 Å². The Bertz CT molecular complexity index is 487. The number of esters is 1. The summed E-state index contributed by atoms with van der Waals surface area (Å²) in [7, 11) is 0. The lowest BCUT2D eigenvalue weighted by molar-refractivity contribution is 0.0531. The zero-order valence-corrected chi connectivity index (χ0v) is 9.84. The van der Waals surface area contributed by atoms with E-state index in [4.69, 9.17) is 9.15 Å². The number of hydrogen-bond acceptors (Lipinski definition) is 5. The highest BCUT2D eigenvalue weighted by molar-refractivity contribution is 7.17. The van der Waals surface area contributed by atoms with Crippen molar-refractivity contribution in [3.63, 3.8) is 0 Å². The van der Waals surface area contributed by atoms with Crippen molar-refractivity contribution in [2.75, 3.05) is 6.61 Å². The summed E-state index contributed by atoms with van der Waals surface area (Å²) in [4.78, 5) is 16.4. The Morgan fingerprint density at radius 3 is 3.06 bits per heavy atom. The fraction of sp³-hybridized carbons (Fsp3) is 0.273. The van der Waals surface area contributed by atoms with E-state index < -0.39 is 0 Å². The lowest BCUT2D eigenvalue weighted by Crippen LogP contribution is -2.03. The molecule has 0 unspecified atom stereocenters. The SMILES string of the molecule is CCOC(=O)c1sc(-c2ccco2)nc1C. The van der Waals surface area contributed by atoms with Gasteiger partial charge in [0.25, 0.3) is 0 Å². The van der Waals surface area contributed by atoms with Crippen molar-refractivity contribution in [1.29, 1.82) is 0 Å². The van der Waals surface area contributed by atoms with Crippen LogP contribution in [0.5, 0.6) is 0 Å². The van der Waals surface area contributed by atoms with Crippen LogP contribution in [0, 0.1) is 6.92 Å². The van der Waals surface area contributed by atoms with Gasteiger partial charge in [0.05, 0.1) is 18.6 Å². The third kappa shape index (κ3) is 1.99. The van der Waals surface area contributed by atoms with Crippen LogP contribution in [0.25, 0.3) is 10.8 Å². The van der Waals surface area contributed by atoms with E-state index in [1.807, 2.05) is 6.07 Å². The number of aromatic nitrogens is 1. The second-order valence-electron chi connectivity index (χ2n) is 3.13. The van der Waals surface area contributed by atoms with Gasteiger partial charge in [-0.05, 0) is 26.0 Å². The van der Waals surface area contributed by atoms with Gasteiger partial charge in [0.1, 0.15) is 4.88 Å². The average Bonchev–Trinajstić information content (AvgIpc) is 2.86. The molecule has 0 saturated heterocycles. The molecular formula is C11H11NO3S. The largest absolute Gasteiger partial charge is 0.462 e. The van der Waals surface area contributed by atoms with Gasteiger partial charge in [0, 0.05) is 0 Å². The van der Waals surface area contributed by atoms with Crippen molar-refractivity contribution in [2.45, 2.75) is 13.8 Å². The van der Waals surface area contributed by atoms with Crippen LogP contribution in [0.15, 0.2) is 22.8 Å². The molecule has 84 valence electrons. The third-order valence-corrected chi connectivity index (χ3v) is 3.14. The van der Waals surface area contributed by atoms with Gasteiger partial charge in [-0.1, -0.05) is 0 Å². The Labute approximate surface area is 96.9 Å². The van der Waals surface area contributed by atoms with Crippen LogP contribution in [0.4, 0.5) is 0 Å². The Morgan fingerprint density at radius 2 is 2.44 bits per heavy atom. The van der Waals surface area contributed by atoms with Gasteiger partial charge in [-0.15, -0.1) is 11.3 Å². The molecule has 2 heterocycles. The van der Waals surface area contributed by atoms with Gasteiger partial charge >= 0.3 is 5.97 Å². The van der Waals surface area contributed by atoms with Crippen LogP contribution in [0.3, 0.4) is 0 Å². The fourth-order valence-corrected chi connectivity index (χ4v) is 2.22. The second-order valence-corrected chi connectivity index (χ2v) is 4.13. The molecule has 16 heavy (non-hydrogen) atoms. The minimum Gasteiger partial charge on any atom is -0.462 e. The average molecular weight is 237 g/mol. The summed E-state index contributed by atoms with van der Waals surface area (Å²) in [6.07, 6.45) is 1.58. The molecule has 0 spiro atoms. The number of ether oxygens (including phenoxy) is 1. The van der Waals surface area contributed by atoms with Gasteiger partial charge < -0.3 is 9.15 Å². The summed E-state index contributed by atoms with van der Waals surface area (Å²) in [5.41, 5.74) is 0.676. The predicted molar refractivity (Wildman–Crippen MR) is 60.5 cm³/mol. The van der Waals surface area contributed by atoms with Gasteiger partial charge in [0.15, 0.2) is 10.8 Å². The first-order valence-electron chi connectivity index (χ1n) is 4.90. The van der Waals surface area contributed by atoms with E-state index in [9.17, 15) is 4.79 Å². The molecule has 0 fully saturated rings. The molecule has 0 aromatic carbocycles. The lowest BCUT2D eigenvalue weighted by atomic mass is 10.4. The van der Waals surface area contributed by atoms with E-state index in [1.54, 1.807) is 26.2 Å². The molecule has 2 aromatic heterocycles. The zero-order chi connectivity index (χ0) is 11.5. The molecule has 0 aliphatic heterocycles. The number of carbonyl (C=O) groups is 1. The standard InChI is InChI=1S/C11H11NO3S/c1-3-14-11(13)9-7(2)12-10(16-9)8-5-4-6-15-8/h4-6H,3H2,1-2H3.